The van der Waals surface area contributed by atoms with Crippen LogP contribution in [0, 0.1) is 0 Å². The molecule has 0 saturated heterocycles. The molecule has 0 saturated carbocycles. The summed E-state index contributed by atoms with van der Waals surface area (Å²) in [6, 6.07) is 13.4. The molecule has 2 aromatic carbocycles. The molecule has 0 bridgehead atoms. The third kappa shape index (κ3) is 3.01. The van der Waals surface area contributed by atoms with E-state index < -0.39 is 17.6 Å². The van der Waals surface area contributed by atoms with Crippen molar-refractivity contribution in [2.45, 2.75) is 13.3 Å². The summed E-state index contributed by atoms with van der Waals surface area (Å²) in [5, 5.41) is 10.3. The number of carbonyl (C=O) groups excluding carboxylic acids is 2. The monoisotopic (exact) mass is 353 g/mol. The smallest absolute Gasteiger partial charge is 0.301 e. The lowest BCUT2D eigenvalue weighted by Gasteiger charge is -2.16. The quantitative estimate of drug-likeness (QED) is 0.806. The van der Waals surface area contributed by atoms with Crippen molar-refractivity contribution in [2.24, 2.45) is 0 Å². The van der Waals surface area contributed by atoms with Crippen LogP contribution in [-0.4, -0.2) is 30.6 Å². The molecule has 2 aromatic rings. The van der Waals surface area contributed by atoms with E-state index in [4.69, 9.17) is 9.47 Å². The predicted octanol–water partition coefficient (Wildman–Crippen LogP) is 3.33. The molecule has 0 aliphatic carbocycles. The minimum absolute atomic E-state index is 0.0765. The molecule has 1 aliphatic rings. The second-order valence-electron chi connectivity index (χ2n) is 5.72. The van der Waals surface area contributed by atoms with Gasteiger partial charge in [-0.2, -0.15) is 0 Å². The summed E-state index contributed by atoms with van der Waals surface area (Å²) >= 11 is 0. The number of ether oxygens (including phenoxy) is 2. The van der Waals surface area contributed by atoms with Gasteiger partial charge in [0.15, 0.2) is 5.76 Å². The van der Waals surface area contributed by atoms with Gasteiger partial charge in [0.25, 0.3) is 5.91 Å². The van der Waals surface area contributed by atoms with E-state index in [1.54, 1.807) is 48.5 Å². The first-order valence-electron chi connectivity index (χ1n) is 8.26. The zero-order chi connectivity index (χ0) is 18.7. The molecule has 134 valence electrons. The molecule has 1 aliphatic heterocycles. The van der Waals surface area contributed by atoms with Gasteiger partial charge in [-0.05, 0) is 24.6 Å². The molecular formula is C20H19NO5. The SMILES string of the molecule is CCCOc1cccc(N2C(=O)C(O)=C(c3ccccc3OC)C2=O)c1. The molecule has 1 heterocycles. The molecule has 6 nitrogen and oxygen atoms in total. The van der Waals surface area contributed by atoms with Gasteiger partial charge in [-0.25, -0.2) is 4.90 Å². The number of imide groups is 1. The van der Waals surface area contributed by atoms with Gasteiger partial charge in [0.2, 0.25) is 0 Å². The van der Waals surface area contributed by atoms with Crippen molar-refractivity contribution in [3.63, 3.8) is 0 Å². The molecule has 0 unspecified atom stereocenters. The normalized spacial score (nSPS) is 14.2. The topological polar surface area (TPSA) is 76.1 Å². The van der Waals surface area contributed by atoms with E-state index in [1.807, 2.05) is 6.92 Å². The number of anilines is 1. The minimum atomic E-state index is -0.774. The van der Waals surface area contributed by atoms with E-state index in [1.165, 1.54) is 7.11 Å². The van der Waals surface area contributed by atoms with Crippen molar-refractivity contribution in [1.82, 2.24) is 0 Å². The van der Waals surface area contributed by atoms with Gasteiger partial charge in [0.1, 0.15) is 11.5 Å². The van der Waals surface area contributed by atoms with Crippen LogP contribution in [0.5, 0.6) is 11.5 Å². The summed E-state index contributed by atoms with van der Waals surface area (Å²) in [4.78, 5) is 26.4. The molecule has 26 heavy (non-hydrogen) atoms. The highest BCUT2D eigenvalue weighted by Gasteiger charge is 2.41. The average molecular weight is 353 g/mol. The Hall–Kier alpha value is -3.28. The standard InChI is InChI=1S/C20H19NO5/c1-3-11-26-14-8-6-7-13(12-14)21-19(23)17(18(22)20(21)24)15-9-4-5-10-16(15)25-2/h4-10,12,22H,3,11H2,1-2H3. The van der Waals surface area contributed by atoms with Crippen LogP contribution in [0.4, 0.5) is 5.69 Å². The van der Waals surface area contributed by atoms with Crippen molar-refractivity contribution >= 4 is 23.1 Å². The highest BCUT2D eigenvalue weighted by molar-refractivity contribution is 6.45. The van der Waals surface area contributed by atoms with Gasteiger partial charge in [-0.1, -0.05) is 31.2 Å². The fraction of sp³-hybridized carbons (Fsp3) is 0.200. The van der Waals surface area contributed by atoms with Crippen molar-refractivity contribution in [3.8, 4) is 11.5 Å². The second kappa shape index (κ2) is 7.31. The first-order valence-corrected chi connectivity index (χ1v) is 8.26. The lowest BCUT2D eigenvalue weighted by molar-refractivity contribution is -0.121. The fourth-order valence-electron chi connectivity index (χ4n) is 2.78. The van der Waals surface area contributed by atoms with E-state index >= 15 is 0 Å². The van der Waals surface area contributed by atoms with Crippen molar-refractivity contribution in [3.05, 3.63) is 59.9 Å². The molecule has 0 radical (unpaired) electrons. The van der Waals surface area contributed by atoms with Crippen LogP contribution in [-0.2, 0) is 9.59 Å². The number of aliphatic hydroxyl groups excluding tert-OH is 1. The summed E-state index contributed by atoms with van der Waals surface area (Å²) in [5.74, 6) is -1.03. The number of para-hydroxylation sites is 1. The number of hydrogen-bond donors (Lipinski definition) is 1. The van der Waals surface area contributed by atoms with Gasteiger partial charge in [0, 0.05) is 11.6 Å². The molecular weight excluding hydrogens is 334 g/mol. The van der Waals surface area contributed by atoms with E-state index in [-0.39, 0.29) is 5.57 Å². The summed E-state index contributed by atoms with van der Waals surface area (Å²) in [7, 11) is 1.46. The number of hydrogen-bond acceptors (Lipinski definition) is 5. The van der Waals surface area contributed by atoms with Crippen molar-refractivity contribution in [1.29, 1.82) is 0 Å². The van der Waals surface area contributed by atoms with Crippen LogP contribution < -0.4 is 14.4 Å². The molecule has 0 spiro atoms. The Morgan fingerprint density at radius 1 is 1.04 bits per heavy atom. The second-order valence-corrected chi connectivity index (χ2v) is 5.72. The summed E-state index contributed by atoms with van der Waals surface area (Å²) in [6.45, 7) is 2.51. The van der Waals surface area contributed by atoms with Gasteiger partial charge < -0.3 is 14.6 Å². The Balaban J connectivity index is 1.99. The number of rotatable bonds is 6. The van der Waals surface area contributed by atoms with Crippen LogP contribution >= 0.6 is 0 Å². The van der Waals surface area contributed by atoms with Crippen LogP contribution in [0.15, 0.2) is 54.3 Å². The zero-order valence-corrected chi connectivity index (χ0v) is 14.6. The van der Waals surface area contributed by atoms with E-state index in [9.17, 15) is 14.7 Å². The van der Waals surface area contributed by atoms with Crippen LogP contribution in [0.2, 0.25) is 0 Å². The minimum Gasteiger partial charge on any atom is -0.502 e. The Labute approximate surface area is 151 Å². The first-order chi connectivity index (χ1) is 12.6. The van der Waals surface area contributed by atoms with Crippen molar-refractivity contribution < 1.29 is 24.2 Å². The maximum absolute atomic E-state index is 12.9. The molecule has 0 atom stereocenters. The van der Waals surface area contributed by atoms with Gasteiger partial charge in [-0.3, -0.25) is 9.59 Å². The molecule has 3 rings (SSSR count). The zero-order valence-electron chi connectivity index (χ0n) is 14.6. The molecule has 0 fully saturated rings. The third-order valence-electron chi connectivity index (χ3n) is 3.98. The molecule has 6 heteroatoms. The lowest BCUT2D eigenvalue weighted by atomic mass is 10.0. The fourth-order valence-corrected chi connectivity index (χ4v) is 2.78. The summed E-state index contributed by atoms with van der Waals surface area (Å²) < 4.78 is 10.8. The van der Waals surface area contributed by atoms with Crippen LogP contribution in [0.3, 0.4) is 0 Å². The van der Waals surface area contributed by atoms with Crippen LogP contribution in [0.25, 0.3) is 5.57 Å². The summed E-state index contributed by atoms with van der Waals surface area (Å²) in [5.41, 5.74) is 0.629. The largest absolute Gasteiger partial charge is 0.502 e. The number of nitrogens with zero attached hydrogens (tertiary/aromatic N) is 1. The van der Waals surface area contributed by atoms with E-state index in [0.29, 0.717) is 29.4 Å². The van der Waals surface area contributed by atoms with Crippen molar-refractivity contribution in [2.75, 3.05) is 18.6 Å². The Bertz CT molecular complexity index is 887. The average Bonchev–Trinajstić information content (AvgIpc) is 2.89. The highest BCUT2D eigenvalue weighted by Crippen LogP contribution is 2.36. The van der Waals surface area contributed by atoms with E-state index in [0.717, 1.165) is 11.3 Å². The van der Waals surface area contributed by atoms with E-state index in [2.05, 4.69) is 0 Å². The Morgan fingerprint density at radius 2 is 1.81 bits per heavy atom. The van der Waals surface area contributed by atoms with Gasteiger partial charge in [0.05, 0.1) is 25.0 Å². The Morgan fingerprint density at radius 3 is 2.54 bits per heavy atom. The van der Waals surface area contributed by atoms with Gasteiger partial charge in [-0.15, -0.1) is 0 Å². The predicted molar refractivity (Wildman–Crippen MR) is 97.3 cm³/mol. The maximum Gasteiger partial charge on any atom is 0.301 e. The third-order valence-corrected chi connectivity index (χ3v) is 3.98. The number of aliphatic hydroxyl groups is 1. The first kappa shape index (κ1) is 17.5. The maximum atomic E-state index is 12.9. The van der Waals surface area contributed by atoms with Gasteiger partial charge >= 0.3 is 5.91 Å². The lowest BCUT2D eigenvalue weighted by Crippen LogP contribution is -2.31. The number of carbonyl (C=O) groups is 2. The molecule has 1 N–H and O–H groups in total. The molecule has 2 amide bonds. The molecule has 0 aromatic heterocycles. The highest BCUT2D eigenvalue weighted by atomic mass is 16.5. The number of benzene rings is 2. The van der Waals surface area contributed by atoms with Crippen LogP contribution in [0.1, 0.15) is 18.9 Å². The number of methoxy groups -OCH3 is 1. The number of amides is 2. The summed E-state index contributed by atoms with van der Waals surface area (Å²) in [6.07, 6.45) is 0.839. The Kier molecular flexibility index (Phi) is 4.93.